The smallest absolute Gasteiger partial charge is 0.408 e. The first-order valence-corrected chi connectivity index (χ1v) is 7.63. The number of nitrogens with one attached hydrogen (secondary N) is 1. The van der Waals surface area contributed by atoms with Crippen molar-refractivity contribution < 1.29 is 24.2 Å². The molecule has 0 spiro atoms. The molecule has 0 unspecified atom stereocenters. The van der Waals surface area contributed by atoms with Gasteiger partial charge in [-0.3, -0.25) is 4.79 Å². The molecule has 124 valence electrons. The van der Waals surface area contributed by atoms with Crippen molar-refractivity contribution in [3.63, 3.8) is 0 Å². The van der Waals surface area contributed by atoms with Gasteiger partial charge >= 0.3 is 12.1 Å². The predicted octanol–water partition coefficient (Wildman–Crippen LogP) is 2.52. The van der Waals surface area contributed by atoms with Crippen LogP contribution in [-0.2, 0) is 20.9 Å². The minimum atomic E-state index is -1.65. The Kier molecular flexibility index (Phi) is 5.36. The van der Waals surface area contributed by atoms with E-state index in [1.165, 1.54) is 6.92 Å². The molecule has 0 aliphatic heterocycles. The number of Topliss-reactive ketones (excluding diaryl/α,β-unsaturated/α-hetero) is 1. The molecule has 2 rings (SSSR count). The Balaban J connectivity index is 1.87. The molecule has 0 radical (unpaired) electrons. The Morgan fingerprint density at radius 1 is 1.26 bits per heavy atom. The number of carbonyl (C=O) groups excluding carboxylic acids is 2. The van der Waals surface area contributed by atoms with Crippen LogP contribution in [0.5, 0.6) is 0 Å². The Morgan fingerprint density at radius 3 is 2.48 bits per heavy atom. The van der Waals surface area contributed by atoms with Crippen LogP contribution in [0.2, 0.25) is 0 Å². The summed E-state index contributed by atoms with van der Waals surface area (Å²) in [5.74, 6) is -1.02. The van der Waals surface area contributed by atoms with Gasteiger partial charge < -0.3 is 15.2 Å². The number of carbonyl (C=O) groups is 3. The number of aliphatic carboxylic acids is 1. The molecule has 0 heterocycles. The van der Waals surface area contributed by atoms with Crippen molar-refractivity contribution in [2.75, 3.05) is 0 Å². The number of carboxylic acid groups (broad SMARTS) is 1. The van der Waals surface area contributed by atoms with Crippen LogP contribution >= 0.6 is 0 Å². The lowest BCUT2D eigenvalue weighted by Gasteiger charge is -2.25. The molecule has 1 atom stereocenters. The molecule has 0 bridgehead atoms. The van der Waals surface area contributed by atoms with Gasteiger partial charge in [-0.1, -0.05) is 30.3 Å². The van der Waals surface area contributed by atoms with Crippen molar-refractivity contribution in [1.82, 2.24) is 5.32 Å². The largest absolute Gasteiger partial charge is 0.480 e. The Labute approximate surface area is 134 Å². The summed E-state index contributed by atoms with van der Waals surface area (Å²) >= 11 is 0. The fraction of sp³-hybridized carbons (Fsp3) is 0.471. The lowest BCUT2D eigenvalue weighted by Crippen LogP contribution is -2.53. The molecule has 1 saturated carbocycles. The van der Waals surface area contributed by atoms with Gasteiger partial charge in [0.25, 0.3) is 0 Å². The minimum absolute atomic E-state index is 0.0401. The summed E-state index contributed by atoms with van der Waals surface area (Å²) in [6.07, 6.45) is 1.32. The zero-order valence-corrected chi connectivity index (χ0v) is 13.1. The maximum Gasteiger partial charge on any atom is 0.408 e. The van der Waals surface area contributed by atoms with Crippen molar-refractivity contribution in [3.8, 4) is 0 Å². The highest BCUT2D eigenvalue weighted by atomic mass is 16.5. The van der Waals surface area contributed by atoms with Crippen molar-refractivity contribution in [2.45, 2.75) is 44.8 Å². The van der Waals surface area contributed by atoms with E-state index in [0.717, 1.165) is 18.4 Å². The molecular formula is C17H21NO5. The minimum Gasteiger partial charge on any atom is -0.480 e. The van der Waals surface area contributed by atoms with Crippen LogP contribution in [0, 0.1) is 5.92 Å². The Morgan fingerprint density at radius 2 is 1.91 bits per heavy atom. The van der Waals surface area contributed by atoms with E-state index in [1.807, 2.05) is 18.2 Å². The monoisotopic (exact) mass is 319 g/mol. The number of benzene rings is 1. The van der Waals surface area contributed by atoms with E-state index in [1.54, 1.807) is 12.1 Å². The molecule has 1 amide bonds. The van der Waals surface area contributed by atoms with E-state index < -0.39 is 17.6 Å². The first-order valence-electron chi connectivity index (χ1n) is 7.63. The molecule has 6 heteroatoms. The van der Waals surface area contributed by atoms with Crippen LogP contribution in [0.3, 0.4) is 0 Å². The lowest BCUT2D eigenvalue weighted by atomic mass is 9.93. The van der Waals surface area contributed by atoms with E-state index in [4.69, 9.17) is 4.74 Å². The molecule has 1 aliphatic carbocycles. The molecule has 1 fully saturated rings. The van der Waals surface area contributed by atoms with Crippen LogP contribution in [0.15, 0.2) is 30.3 Å². The highest BCUT2D eigenvalue weighted by Gasteiger charge is 2.39. The van der Waals surface area contributed by atoms with Crippen LogP contribution in [-0.4, -0.2) is 28.5 Å². The number of amides is 1. The van der Waals surface area contributed by atoms with Crippen molar-refractivity contribution in [2.24, 2.45) is 5.92 Å². The fourth-order valence-corrected chi connectivity index (χ4v) is 2.27. The van der Waals surface area contributed by atoms with Crippen molar-refractivity contribution in [1.29, 1.82) is 0 Å². The standard InChI is InChI=1S/C17H21NO5/c1-17(15(20)21,10-14(19)9-12-7-8-12)18-16(22)23-11-13-5-3-2-4-6-13/h2-6,12H,7-11H2,1H3,(H,18,22)(H,20,21)/t17-/m0/s1. The van der Waals surface area contributed by atoms with Gasteiger partial charge in [-0.25, -0.2) is 9.59 Å². The fourth-order valence-electron chi connectivity index (χ4n) is 2.27. The number of ketones is 1. The maximum absolute atomic E-state index is 11.9. The topological polar surface area (TPSA) is 92.7 Å². The van der Waals surface area contributed by atoms with E-state index in [0.29, 0.717) is 12.3 Å². The molecule has 1 aromatic rings. The van der Waals surface area contributed by atoms with Gasteiger partial charge in [-0.05, 0) is 31.2 Å². The van der Waals surface area contributed by atoms with Crippen LogP contribution < -0.4 is 5.32 Å². The number of hydrogen-bond acceptors (Lipinski definition) is 4. The number of carboxylic acids is 1. The maximum atomic E-state index is 11.9. The van der Waals surface area contributed by atoms with Crippen LogP contribution in [0.1, 0.15) is 38.2 Å². The van der Waals surface area contributed by atoms with Gasteiger partial charge in [0.1, 0.15) is 17.9 Å². The molecule has 1 aliphatic rings. The van der Waals surface area contributed by atoms with Crippen molar-refractivity contribution in [3.05, 3.63) is 35.9 Å². The van der Waals surface area contributed by atoms with Gasteiger partial charge in [0.05, 0.1) is 0 Å². The average Bonchev–Trinajstić information content (AvgIpc) is 3.29. The molecule has 0 aromatic heterocycles. The highest BCUT2D eigenvalue weighted by molar-refractivity contribution is 5.91. The summed E-state index contributed by atoms with van der Waals surface area (Å²) in [6.45, 7) is 1.36. The van der Waals surface area contributed by atoms with E-state index in [2.05, 4.69) is 5.32 Å². The lowest BCUT2D eigenvalue weighted by molar-refractivity contribution is -0.146. The second-order valence-electron chi connectivity index (χ2n) is 6.19. The molecule has 6 nitrogen and oxygen atoms in total. The van der Waals surface area contributed by atoms with Gasteiger partial charge in [0, 0.05) is 12.8 Å². The van der Waals surface area contributed by atoms with E-state index >= 15 is 0 Å². The third kappa shape index (κ3) is 5.39. The third-order valence-corrected chi connectivity index (χ3v) is 3.83. The number of ether oxygens (including phenoxy) is 1. The number of rotatable bonds is 8. The summed E-state index contributed by atoms with van der Waals surface area (Å²) in [6, 6.07) is 9.06. The second kappa shape index (κ2) is 7.26. The highest BCUT2D eigenvalue weighted by Crippen LogP contribution is 2.33. The molecule has 2 N–H and O–H groups in total. The molecule has 23 heavy (non-hydrogen) atoms. The summed E-state index contributed by atoms with van der Waals surface area (Å²) in [5.41, 5.74) is -0.857. The van der Waals surface area contributed by atoms with Gasteiger partial charge in [-0.15, -0.1) is 0 Å². The van der Waals surface area contributed by atoms with Gasteiger partial charge in [-0.2, -0.15) is 0 Å². The van der Waals surface area contributed by atoms with Gasteiger partial charge in [0.2, 0.25) is 0 Å². The predicted molar refractivity (Wildman–Crippen MR) is 82.8 cm³/mol. The average molecular weight is 319 g/mol. The van der Waals surface area contributed by atoms with E-state index in [-0.39, 0.29) is 18.8 Å². The van der Waals surface area contributed by atoms with E-state index in [9.17, 15) is 19.5 Å². The number of alkyl carbamates (subject to hydrolysis) is 1. The molecule has 0 saturated heterocycles. The third-order valence-electron chi connectivity index (χ3n) is 3.83. The number of hydrogen-bond donors (Lipinski definition) is 2. The van der Waals surface area contributed by atoms with Crippen LogP contribution in [0.25, 0.3) is 0 Å². The Hall–Kier alpha value is -2.37. The summed E-state index contributed by atoms with van der Waals surface area (Å²) in [4.78, 5) is 35.2. The quantitative estimate of drug-likeness (QED) is 0.768. The zero-order valence-electron chi connectivity index (χ0n) is 13.1. The SMILES string of the molecule is C[C@@](CC(=O)CC1CC1)(NC(=O)OCc1ccccc1)C(=O)O. The zero-order chi connectivity index (χ0) is 16.9. The molecule has 1 aromatic carbocycles. The molecular weight excluding hydrogens is 298 g/mol. The van der Waals surface area contributed by atoms with Crippen LogP contribution in [0.4, 0.5) is 4.79 Å². The first-order chi connectivity index (χ1) is 10.9. The Bertz CT molecular complexity index is 582. The van der Waals surface area contributed by atoms with Crippen molar-refractivity contribution >= 4 is 17.8 Å². The van der Waals surface area contributed by atoms with Gasteiger partial charge in [0.15, 0.2) is 0 Å². The summed E-state index contributed by atoms with van der Waals surface area (Å²) in [7, 11) is 0. The first kappa shape index (κ1) is 17.0. The summed E-state index contributed by atoms with van der Waals surface area (Å²) < 4.78 is 5.02. The second-order valence-corrected chi connectivity index (χ2v) is 6.19. The summed E-state index contributed by atoms with van der Waals surface area (Å²) in [5, 5.41) is 11.6. The normalized spacial score (nSPS) is 16.2.